The first-order valence-corrected chi connectivity index (χ1v) is 6.21. The van der Waals surface area contributed by atoms with E-state index in [1.54, 1.807) is 0 Å². The molecule has 3 rings (SSSR count). The van der Waals surface area contributed by atoms with Gasteiger partial charge in [0.25, 0.3) is 0 Å². The molecule has 3 atom stereocenters. The predicted molar refractivity (Wildman–Crippen MR) is 70.6 cm³/mol. The zero-order valence-corrected chi connectivity index (χ0v) is 10.5. The maximum atomic E-state index is 6.16. The van der Waals surface area contributed by atoms with E-state index in [2.05, 4.69) is 11.6 Å². The van der Waals surface area contributed by atoms with Crippen molar-refractivity contribution < 1.29 is 9.47 Å². The highest BCUT2D eigenvalue weighted by atomic mass is 16.6. The molecule has 0 radical (unpaired) electrons. The quantitative estimate of drug-likeness (QED) is 0.748. The summed E-state index contributed by atoms with van der Waals surface area (Å²) in [4.78, 5) is 4.51. The van der Waals surface area contributed by atoms with Crippen molar-refractivity contribution in [3.8, 4) is 0 Å². The molecule has 94 valence electrons. The van der Waals surface area contributed by atoms with Crippen LogP contribution in [0.1, 0.15) is 18.7 Å². The molecule has 18 heavy (non-hydrogen) atoms. The lowest BCUT2D eigenvalue weighted by Gasteiger charge is -2.27. The topological polar surface area (TPSA) is 30.8 Å². The zero-order valence-electron chi connectivity index (χ0n) is 10.5. The van der Waals surface area contributed by atoms with Gasteiger partial charge in [-0.1, -0.05) is 42.5 Å². The molecule has 0 unspecified atom stereocenters. The van der Waals surface area contributed by atoms with Gasteiger partial charge in [0.2, 0.25) is 0 Å². The van der Waals surface area contributed by atoms with E-state index < -0.39 is 5.60 Å². The SMILES string of the molecule is C=C(C)[C@@H]1COC[C@]12C=N[C@@H](c1ccccc1)O2. The van der Waals surface area contributed by atoms with Crippen molar-refractivity contribution in [2.24, 2.45) is 10.9 Å². The highest BCUT2D eigenvalue weighted by Crippen LogP contribution is 2.41. The lowest BCUT2D eigenvalue weighted by molar-refractivity contribution is -0.0411. The van der Waals surface area contributed by atoms with Gasteiger partial charge in [-0.25, -0.2) is 0 Å². The fraction of sp³-hybridized carbons (Fsp3) is 0.400. The standard InChI is InChI=1S/C15H17NO2/c1-11(2)13-8-17-10-15(13)9-16-14(18-15)12-6-4-3-5-7-12/h3-7,9,13-14H,1,8,10H2,2H3/t13-,14+,15+/m0/s1. The summed E-state index contributed by atoms with van der Waals surface area (Å²) in [5, 5.41) is 0. The Balaban J connectivity index is 1.84. The first kappa shape index (κ1) is 11.6. The van der Waals surface area contributed by atoms with Crippen molar-refractivity contribution in [3.05, 3.63) is 48.0 Å². The smallest absolute Gasteiger partial charge is 0.175 e. The lowest BCUT2D eigenvalue weighted by Crippen LogP contribution is -2.39. The first-order valence-electron chi connectivity index (χ1n) is 6.21. The van der Waals surface area contributed by atoms with Crippen LogP contribution < -0.4 is 0 Å². The first-order chi connectivity index (χ1) is 8.71. The number of nitrogens with zero attached hydrogens (tertiary/aromatic N) is 1. The number of hydrogen-bond donors (Lipinski definition) is 0. The Kier molecular flexibility index (Phi) is 2.80. The minimum Gasteiger partial charge on any atom is -0.377 e. The van der Waals surface area contributed by atoms with Crippen molar-refractivity contribution in [1.29, 1.82) is 0 Å². The van der Waals surface area contributed by atoms with Crippen LogP contribution in [0.2, 0.25) is 0 Å². The van der Waals surface area contributed by atoms with E-state index in [1.807, 2.05) is 43.5 Å². The van der Waals surface area contributed by atoms with Crippen molar-refractivity contribution >= 4 is 6.21 Å². The van der Waals surface area contributed by atoms with Gasteiger partial charge in [-0.3, -0.25) is 4.99 Å². The Morgan fingerprint density at radius 1 is 1.39 bits per heavy atom. The van der Waals surface area contributed by atoms with E-state index in [1.165, 1.54) is 0 Å². The van der Waals surface area contributed by atoms with Gasteiger partial charge in [0.15, 0.2) is 6.23 Å². The van der Waals surface area contributed by atoms with Crippen molar-refractivity contribution in [2.75, 3.05) is 13.2 Å². The summed E-state index contributed by atoms with van der Waals surface area (Å²) in [5.41, 5.74) is 1.76. The van der Waals surface area contributed by atoms with Crippen LogP contribution in [0.4, 0.5) is 0 Å². The van der Waals surface area contributed by atoms with Gasteiger partial charge in [-0.2, -0.15) is 0 Å². The molecule has 0 N–H and O–H groups in total. The molecule has 1 saturated heterocycles. The summed E-state index contributed by atoms with van der Waals surface area (Å²) < 4.78 is 11.7. The molecular weight excluding hydrogens is 226 g/mol. The molecule has 1 fully saturated rings. The van der Waals surface area contributed by atoms with Crippen molar-refractivity contribution in [3.63, 3.8) is 0 Å². The Morgan fingerprint density at radius 3 is 2.89 bits per heavy atom. The number of aliphatic imine (C=N–C) groups is 1. The summed E-state index contributed by atoms with van der Waals surface area (Å²) in [7, 11) is 0. The number of ether oxygens (including phenoxy) is 2. The molecule has 0 amide bonds. The molecule has 3 nitrogen and oxygen atoms in total. The maximum absolute atomic E-state index is 6.16. The van der Waals surface area contributed by atoms with Crippen LogP contribution in [0, 0.1) is 5.92 Å². The Bertz CT molecular complexity index is 483. The van der Waals surface area contributed by atoms with Crippen LogP contribution in [0.25, 0.3) is 0 Å². The molecule has 0 saturated carbocycles. The fourth-order valence-electron chi connectivity index (χ4n) is 2.62. The van der Waals surface area contributed by atoms with Crippen LogP contribution in [0.5, 0.6) is 0 Å². The maximum Gasteiger partial charge on any atom is 0.175 e. The van der Waals surface area contributed by atoms with E-state index >= 15 is 0 Å². The van der Waals surface area contributed by atoms with E-state index in [4.69, 9.17) is 9.47 Å². The number of benzene rings is 1. The normalized spacial score (nSPS) is 34.3. The van der Waals surface area contributed by atoms with Crippen molar-refractivity contribution in [1.82, 2.24) is 0 Å². The van der Waals surface area contributed by atoms with Gasteiger partial charge in [0.05, 0.1) is 13.2 Å². The van der Waals surface area contributed by atoms with Gasteiger partial charge in [-0.15, -0.1) is 0 Å². The van der Waals surface area contributed by atoms with Gasteiger partial charge in [-0.05, 0) is 6.92 Å². The van der Waals surface area contributed by atoms with Crippen LogP contribution in [0.3, 0.4) is 0 Å². The van der Waals surface area contributed by atoms with Gasteiger partial charge in [0.1, 0.15) is 5.60 Å². The highest BCUT2D eigenvalue weighted by Gasteiger charge is 2.49. The summed E-state index contributed by atoms with van der Waals surface area (Å²) in [6.07, 6.45) is 1.70. The van der Waals surface area contributed by atoms with Crippen LogP contribution >= 0.6 is 0 Å². The average Bonchev–Trinajstić information content (AvgIpc) is 2.99. The fourth-order valence-corrected chi connectivity index (χ4v) is 2.62. The number of rotatable bonds is 2. The molecule has 2 aliphatic heterocycles. The molecule has 0 bridgehead atoms. The monoisotopic (exact) mass is 243 g/mol. The molecule has 3 heteroatoms. The Hall–Kier alpha value is -1.45. The molecule has 2 heterocycles. The molecular formula is C15H17NO2. The predicted octanol–water partition coefficient (Wildman–Crippen LogP) is 2.75. The summed E-state index contributed by atoms with van der Waals surface area (Å²) >= 11 is 0. The van der Waals surface area contributed by atoms with E-state index in [0.717, 1.165) is 11.1 Å². The van der Waals surface area contributed by atoms with Crippen molar-refractivity contribution in [2.45, 2.75) is 18.8 Å². The Labute approximate surface area is 107 Å². The molecule has 0 aliphatic carbocycles. The largest absolute Gasteiger partial charge is 0.377 e. The molecule has 2 aliphatic rings. The summed E-state index contributed by atoms with van der Waals surface area (Å²) in [6, 6.07) is 10.1. The second-order valence-corrected chi connectivity index (χ2v) is 5.03. The molecule has 1 spiro atoms. The number of hydrogen-bond acceptors (Lipinski definition) is 3. The summed E-state index contributed by atoms with van der Waals surface area (Å²) in [5.74, 6) is 0.204. The lowest BCUT2D eigenvalue weighted by atomic mass is 9.87. The van der Waals surface area contributed by atoms with Gasteiger partial charge < -0.3 is 9.47 Å². The van der Waals surface area contributed by atoms with E-state index in [-0.39, 0.29) is 12.1 Å². The van der Waals surface area contributed by atoms with E-state index in [9.17, 15) is 0 Å². The molecule has 0 aromatic heterocycles. The highest BCUT2D eigenvalue weighted by molar-refractivity contribution is 5.73. The average molecular weight is 243 g/mol. The minimum absolute atomic E-state index is 0.204. The van der Waals surface area contributed by atoms with E-state index in [0.29, 0.717) is 13.2 Å². The molecule has 1 aromatic rings. The van der Waals surface area contributed by atoms with Crippen LogP contribution in [-0.4, -0.2) is 25.0 Å². The third kappa shape index (κ3) is 1.80. The third-order valence-corrected chi connectivity index (χ3v) is 3.64. The van der Waals surface area contributed by atoms with Crippen LogP contribution in [0.15, 0.2) is 47.5 Å². The van der Waals surface area contributed by atoms with Gasteiger partial charge >= 0.3 is 0 Å². The zero-order chi connectivity index (χ0) is 12.6. The summed E-state index contributed by atoms with van der Waals surface area (Å²) in [6.45, 7) is 7.29. The molecule has 1 aromatic carbocycles. The second kappa shape index (κ2) is 4.34. The second-order valence-electron chi connectivity index (χ2n) is 5.03. The third-order valence-electron chi connectivity index (χ3n) is 3.64. The minimum atomic E-state index is -0.410. The van der Waals surface area contributed by atoms with Gasteiger partial charge in [0, 0.05) is 17.7 Å². The van der Waals surface area contributed by atoms with Crippen LogP contribution in [-0.2, 0) is 9.47 Å². The Morgan fingerprint density at radius 2 is 2.17 bits per heavy atom.